The number of hydrogen-bond acceptors (Lipinski definition) is 3. The van der Waals surface area contributed by atoms with Gasteiger partial charge in [-0.2, -0.15) is 0 Å². The van der Waals surface area contributed by atoms with Crippen molar-refractivity contribution in [2.45, 2.75) is 20.3 Å². The first-order valence-corrected chi connectivity index (χ1v) is 6.25. The Kier molecular flexibility index (Phi) is 7.87. The van der Waals surface area contributed by atoms with Gasteiger partial charge in [0, 0.05) is 25.7 Å². The third-order valence-electron chi connectivity index (χ3n) is 2.91. The Morgan fingerprint density at radius 1 is 1.25 bits per heavy atom. The van der Waals surface area contributed by atoms with Crippen LogP contribution in [0.2, 0.25) is 0 Å². The Morgan fingerprint density at radius 3 is 2.30 bits per heavy atom. The van der Waals surface area contributed by atoms with Gasteiger partial charge in [-0.1, -0.05) is 18.2 Å². The van der Waals surface area contributed by atoms with Gasteiger partial charge in [0.1, 0.15) is 0 Å². The first kappa shape index (κ1) is 18.4. The Balaban J connectivity index is 0.00000361. The lowest BCUT2D eigenvalue weighted by molar-refractivity contribution is -0.133. The van der Waals surface area contributed by atoms with E-state index in [-0.39, 0.29) is 37.2 Å². The van der Waals surface area contributed by atoms with Crippen LogP contribution in [0.15, 0.2) is 18.2 Å². The van der Waals surface area contributed by atoms with Gasteiger partial charge in [-0.25, -0.2) is 0 Å². The number of carbonyl (C=O) groups is 2. The monoisotopic (exact) mass is 299 g/mol. The minimum atomic E-state index is -0.203. The number of amides is 2. The van der Waals surface area contributed by atoms with E-state index in [0.717, 1.165) is 16.8 Å². The molecule has 0 atom stereocenters. The second kappa shape index (κ2) is 8.55. The Bertz CT molecular complexity index is 457. The summed E-state index contributed by atoms with van der Waals surface area (Å²) < 4.78 is 0. The number of carbonyl (C=O) groups excluding carboxylic acids is 2. The maximum absolute atomic E-state index is 11.9. The molecule has 1 rings (SSSR count). The number of benzene rings is 1. The molecule has 0 aliphatic rings. The lowest BCUT2D eigenvalue weighted by Gasteiger charge is -2.17. The van der Waals surface area contributed by atoms with Crippen LogP contribution in [-0.2, 0) is 9.59 Å². The van der Waals surface area contributed by atoms with Crippen molar-refractivity contribution in [2.75, 3.05) is 25.5 Å². The zero-order chi connectivity index (χ0) is 14.4. The molecule has 3 N–H and O–H groups in total. The summed E-state index contributed by atoms with van der Waals surface area (Å²) in [4.78, 5) is 24.8. The van der Waals surface area contributed by atoms with E-state index in [1.165, 1.54) is 4.90 Å². The number of halogens is 1. The van der Waals surface area contributed by atoms with Gasteiger partial charge in [-0.05, 0) is 25.0 Å². The van der Waals surface area contributed by atoms with Gasteiger partial charge in [-0.3, -0.25) is 9.59 Å². The highest BCUT2D eigenvalue weighted by Gasteiger charge is 2.13. The average molecular weight is 300 g/mol. The smallest absolute Gasteiger partial charge is 0.243 e. The number of nitrogens with zero attached hydrogens (tertiary/aromatic N) is 1. The number of hydrogen-bond donors (Lipinski definition) is 2. The number of anilines is 1. The second-order valence-electron chi connectivity index (χ2n) is 4.60. The predicted molar refractivity (Wildman–Crippen MR) is 83.1 cm³/mol. The van der Waals surface area contributed by atoms with Crippen LogP contribution in [0.25, 0.3) is 0 Å². The summed E-state index contributed by atoms with van der Waals surface area (Å²) in [6, 6.07) is 5.81. The summed E-state index contributed by atoms with van der Waals surface area (Å²) in [5, 5.41) is 2.84. The molecule has 0 fully saturated rings. The molecule has 0 spiro atoms. The Labute approximate surface area is 125 Å². The molecule has 112 valence electrons. The molecule has 0 aliphatic carbocycles. The molecule has 0 bridgehead atoms. The molecule has 20 heavy (non-hydrogen) atoms. The van der Waals surface area contributed by atoms with Gasteiger partial charge in [0.15, 0.2) is 0 Å². The lowest BCUT2D eigenvalue weighted by atomic mass is 10.1. The first-order valence-electron chi connectivity index (χ1n) is 6.25. The molecule has 0 saturated carbocycles. The van der Waals surface area contributed by atoms with Crippen LogP contribution < -0.4 is 11.1 Å². The molecule has 0 radical (unpaired) electrons. The summed E-state index contributed by atoms with van der Waals surface area (Å²) in [5.41, 5.74) is 8.13. The van der Waals surface area contributed by atoms with Gasteiger partial charge in [0.05, 0.1) is 6.54 Å². The molecule has 0 unspecified atom stereocenters. The van der Waals surface area contributed by atoms with Crippen molar-refractivity contribution in [2.24, 2.45) is 5.73 Å². The van der Waals surface area contributed by atoms with Gasteiger partial charge < -0.3 is 16.0 Å². The largest absolute Gasteiger partial charge is 0.336 e. The van der Waals surface area contributed by atoms with Crippen molar-refractivity contribution >= 4 is 29.9 Å². The number of likely N-dealkylation sites (N-methyl/N-ethyl adjacent to an activating group) is 1. The Morgan fingerprint density at radius 2 is 1.80 bits per heavy atom. The molecule has 1 aromatic rings. The van der Waals surface area contributed by atoms with Crippen molar-refractivity contribution in [3.8, 4) is 0 Å². The van der Waals surface area contributed by atoms with Crippen LogP contribution in [0.5, 0.6) is 0 Å². The highest BCUT2D eigenvalue weighted by molar-refractivity contribution is 5.95. The summed E-state index contributed by atoms with van der Waals surface area (Å²) in [7, 11) is 1.60. The summed E-state index contributed by atoms with van der Waals surface area (Å²) in [6.07, 6.45) is 0.257. The maximum atomic E-state index is 11.9. The summed E-state index contributed by atoms with van der Waals surface area (Å²) >= 11 is 0. The lowest BCUT2D eigenvalue weighted by Crippen LogP contribution is -2.35. The van der Waals surface area contributed by atoms with E-state index in [4.69, 9.17) is 5.73 Å². The van der Waals surface area contributed by atoms with Gasteiger partial charge in [0.25, 0.3) is 0 Å². The quantitative estimate of drug-likeness (QED) is 0.864. The fourth-order valence-electron chi connectivity index (χ4n) is 1.81. The third-order valence-corrected chi connectivity index (χ3v) is 2.91. The molecule has 6 heteroatoms. The minimum Gasteiger partial charge on any atom is -0.336 e. The predicted octanol–water partition coefficient (Wildman–Crippen LogP) is 1.47. The zero-order valence-electron chi connectivity index (χ0n) is 12.1. The van der Waals surface area contributed by atoms with E-state index >= 15 is 0 Å². The second-order valence-corrected chi connectivity index (χ2v) is 4.60. The van der Waals surface area contributed by atoms with Crippen LogP contribution in [-0.4, -0.2) is 36.9 Å². The minimum absolute atomic E-state index is 0. The molecule has 0 aliphatic heterocycles. The molecule has 2 amide bonds. The fourth-order valence-corrected chi connectivity index (χ4v) is 1.81. The number of nitrogens with two attached hydrogens (primary N) is 1. The average Bonchev–Trinajstić information content (AvgIpc) is 2.34. The highest BCUT2D eigenvalue weighted by Crippen LogP contribution is 2.19. The topological polar surface area (TPSA) is 75.4 Å². The molecular formula is C14H22ClN3O2. The highest BCUT2D eigenvalue weighted by atomic mass is 35.5. The van der Waals surface area contributed by atoms with E-state index in [2.05, 4.69) is 5.32 Å². The molecular weight excluding hydrogens is 278 g/mol. The SMILES string of the molecule is Cc1cccc(C)c1NC(=O)CN(C)C(=O)CCN.Cl. The third kappa shape index (κ3) is 5.19. The molecule has 0 heterocycles. The Hall–Kier alpha value is -1.59. The fraction of sp³-hybridized carbons (Fsp3) is 0.429. The summed E-state index contributed by atoms with van der Waals surface area (Å²) in [5.74, 6) is -0.329. The van der Waals surface area contributed by atoms with Crippen LogP contribution in [0.4, 0.5) is 5.69 Å². The number of rotatable bonds is 5. The van der Waals surface area contributed by atoms with E-state index in [1.54, 1.807) is 7.05 Å². The van der Waals surface area contributed by atoms with E-state index in [9.17, 15) is 9.59 Å². The van der Waals surface area contributed by atoms with Crippen molar-refractivity contribution in [1.82, 2.24) is 4.90 Å². The zero-order valence-corrected chi connectivity index (χ0v) is 12.9. The number of aryl methyl sites for hydroxylation is 2. The maximum Gasteiger partial charge on any atom is 0.243 e. The van der Waals surface area contributed by atoms with E-state index in [0.29, 0.717) is 6.54 Å². The van der Waals surface area contributed by atoms with E-state index in [1.807, 2.05) is 32.0 Å². The van der Waals surface area contributed by atoms with Gasteiger partial charge in [-0.15, -0.1) is 12.4 Å². The summed E-state index contributed by atoms with van der Waals surface area (Å²) in [6.45, 7) is 4.20. The normalized spacial score (nSPS) is 9.60. The van der Waals surface area contributed by atoms with Crippen LogP contribution >= 0.6 is 12.4 Å². The molecule has 5 nitrogen and oxygen atoms in total. The van der Waals surface area contributed by atoms with Crippen LogP contribution in [0.1, 0.15) is 17.5 Å². The van der Waals surface area contributed by atoms with Crippen molar-refractivity contribution in [3.63, 3.8) is 0 Å². The number of nitrogens with one attached hydrogen (secondary N) is 1. The molecule has 0 aromatic heterocycles. The standard InChI is InChI=1S/C14H21N3O2.ClH/c1-10-5-4-6-11(2)14(10)16-12(18)9-17(3)13(19)7-8-15;/h4-6H,7-9,15H2,1-3H3,(H,16,18);1H. The first-order chi connectivity index (χ1) is 8.95. The number of para-hydroxylation sites is 1. The van der Waals surface area contributed by atoms with Crippen molar-refractivity contribution in [3.05, 3.63) is 29.3 Å². The van der Waals surface area contributed by atoms with Gasteiger partial charge in [0.2, 0.25) is 11.8 Å². The van der Waals surface area contributed by atoms with Gasteiger partial charge >= 0.3 is 0 Å². The van der Waals surface area contributed by atoms with Crippen molar-refractivity contribution in [1.29, 1.82) is 0 Å². The van der Waals surface area contributed by atoms with Crippen molar-refractivity contribution < 1.29 is 9.59 Å². The molecule has 1 aromatic carbocycles. The van der Waals surface area contributed by atoms with Crippen LogP contribution in [0, 0.1) is 13.8 Å². The van der Waals surface area contributed by atoms with Crippen LogP contribution in [0.3, 0.4) is 0 Å². The van der Waals surface area contributed by atoms with E-state index < -0.39 is 0 Å². The molecule has 0 saturated heterocycles.